The van der Waals surface area contributed by atoms with Gasteiger partial charge in [0.1, 0.15) is 5.82 Å². The first kappa shape index (κ1) is 33.3. The van der Waals surface area contributed by atoms with E-state index in [2.05, 4.69) is 24.7 Å². The third kappa shape index (κ3) is 9.07. The number of anilines is 4. The standard InChI is InChI=1S/C14H18N4O3.C12H14N4O2S.CH4O/c1-19-10-5-8(6-11(20-2)12(10)21-3)4-9-7-17-14(16)18-13(9)15;1-8-7-9(2)15-12(14-8)16-19(17,18)11-5-3-10(13)4-6-11;1-2/h5-7H,4H2,1-3H3,(H4,15,16,17,18);3-7H,13H2,1-2H3,(H,14,15,16);2H,1H3. The number of sulfonamides is 1. The Morgan fingerprint density at radius 1 is 0.833 bits per heavy atom. The minimum absolute atomic E-state index is 0.0642. The molecular formula is C27H36N8O6S. The molecule has 4 rings (SSSR count). The molecule has 2 heterocycles. The van der Waals surface area contributed by atoms with Crippen LogP contribution in [-0.2, 0) is 16.4 Å². The van der Waals surface area contributed by atoms with Crippen molar-refractivity contribution < 1.29 is 27.7 Å². The first-order valence-corrected chi connectivity index (χ1v) is 13.7. The van der Waals surface area contributed by atoms with Gasteiger partial charge in [0.2, 0.25) is 17.6 Å². The van der Waals surface area contributed by atoms with Gasteiger partial charge in [0.05, 0.1) is 26.2 Å². The van der Waals surface area contributed by atoms with Crippen LogP contribution in [0.1, 0.15) is 22.5 Å². The van der Waals surface area contributed by atoms with E-state index in [1.165, 1.54) is 24.3 Å². The summed E-state index contributed by atoms with van der Waals surface area (Å²) in [6.07, 6.45) is 2.14. The van der Waals surface area contributed by atoms with Crippen molar-refractivity contribution in [3.8, 4) is 17.2 Å². The molecule has 0 aliphatic rings. The van der Waals surface area contributed by atoms with E-state index >= 15 is 0 Å². The van der Waals surface area contributed by atoms with E-state index in [-0.39, 0.29) is 16.8 Å². The number of benzene rings is 2. The van der Waals surface area contributed by atoms with E-state index < -0.39 is 10.0 Å². The van der Waals surface area contributed by atoms with Crippen LogP contribution in [0.3, 0.4) is 0 Å². The number of aliphatic hydroxyl groups is 1. The Kier molecular flexibility index (Phi) is 12.1. The summed E-state index contributed by atoms with van der Waals surface area (Å²) in [6, 6.07) is 11.4. The Balaban J connectivity index is 0.000000278. The second kappa shape index (κ2) is 15.2. The number of hydrogen-bond acceptors (Lipinski definition) is 13. The number of nitrogens with one attached hydrogen (secondary N) is 1. The number of nitrogens with two attached hydrogens (primary N) is 3. The van der Waals surface area contributed by atoms with Crippen LogP contribution in [0.2, 0.25) is 0 Å². The molecule has 0 spiro atoms. The summed E-state index contributed by atoms with van der Waals surface area (Å²) in [5.74, 6) is 2.29. The molecule has 4 aromatic rings. The molecule has 0 fully saturated rings. The monoisotopic (exact) mass is 600 g/mol. The number of nitrogen functional groups attached to an aromatic ring is 3. The van der Waals surface area contributed by atoms with E-state index in [0.29, 0.717) is 46.6 Å². The van der Waals surface area contributed by atoms with Crippen LogP contribution >= 0.6 is 0 Å². The van der Waals surface area contributed by atoms with E-state index in [4.69, 9.17) is 36.5 Å². The average Bonchev–Trinajstić information content (AvgIpc) is 2.95. The first-order valence-electron chi connectivity index (χ1n) is 12.3. The van der Waals surface area contributed by atoms with Gasteiger partial charge in [-0.2, -0.15) is 4.98 Å². The summed E-state index contributed by atoms with van der Waals surface area (Å²) in [6.45, 7) is 3.55. The number of ether oxygens (including phenoxy) is 3. The van der Waals surface area contributed by atoms with Crippen LogP contribution < -0.4 is 36.1 Å². The molecule has 0 unspecified atom stereocenters. The lowest BCUT2D eigenvalue weighted by Crippen LogP contribution is -2.15. The fourth-order valence-electron chi connectivity index (χ4n) is 3.63. The molecule has 0 aliphatic heterocycles. The number of aromatic nitrogens is 4. The zero-order valence-corrected chi connectivity index (χ0v) is 25.1. The molecule has 226 valence electrons. The van der Waals surface area contributed by atoms with Crippen molar-refractivity contribution >= 4 is 33.4 Å². The topological polar surface area (TPSA) is 224 Å². The van der Waals surface area contributed by atoms with Crippen LogP contribution in [0.15, 0.2) is 53.6 Å². The second-order valence-electron chi connectivity index (χ2n) is 8.50. The Hall–Kier alpha value is -4.89. The molecule has 0 bridgehead atoms. The maximum atomic E-state index is 12.1. The molecule has 0 atom stereocenters. The SMILES string of the molecule is CO.COc1cc(Cc2cnc(N)nc2N)cc(OC)c1OC.Cc1cc(C)nc(NS(=O)(=O)c2ccc(N)cc2)n1. The smallest absolute Gasteiger partial charge is 0.264 e. The quantitative estimate of drug-likeness (QED) is 0.183. The van der Waals surface area contributed by atoms with E-state index in [0.717, 1.165) is 18.2 Å². The predicted molar refractivity (Wildman–Crippen MR) is 161 cm³/mol. The number of nitrogens with zero attached hydrogens (tertiary/aromatic N) is 4. The summed E-state index contributed by atoms with van der Waals surface area (Å²) in [5.41, 5.74) is 20.5. The number of aliphatic hydroxyl groups excluding tert-OH is 1. The first-order chi connectivity index (χ1) is 19.9. The normalized spacial score (nSPS) is 10.4. The van der Waals surface area contributed by atoms with Crippen molar-refractivity contribution in [1.82, 2.24) is 19.9 Å². The Morgan fingerprint density at radius 3 is 1.86 bits per heavy atom. The van der Waals surface area contributed by atoms with Gasteiger partial charge >= 0.3 is 0 Å². The average molecular weight is 601 g/mol. The Morgan fingerprint density at radius 2 is 1.38 bits per heavy atom. The summed E-state index contributed by atoms with van der Waals surface area (Å²) < 4.78 is 42.5. The molecule has 0 amide bonds. The van der Waals surface area contributed by atoms with Crippen LogP contribution in [0.25, 0.3) is 0 Å². The molecular weight excluding hydrogens is 564 g/mol. The second-order valence-corrected chi connectivity index (χ2v) is 10.2. The fourth-order valence-corrected chi connectivity index (χ4v) is 4.57. The van der Waals surface area contributed by atoms with E-state index in [9.17, 15) is 8.42 Å². The minimum atomic E-state index is -3.69. The number of hydrogen-bond donors (Lipinski definition) is 5. The highest BCUT2D eigenvalue weighted by Crippen LogP contribution is 2.38. The van der Waals surface area contributed by atoms with Gasteiger partial charge in [-0.1, -0.05) is 0 Å². The number of rotatable bonds is 8. The third-order valence-electron chi connectivity index (χ3n) is 5.43. The molecule has 8 N–H and O–H groups in total. The van der Waals surface area contributed by atoms with Crippen molar-refractivity contribution in [2.24, 2.45) is 0 Å². The summed E-state index contributed by atoms with van der Waals surface area (Å²) in [5, 5.41) is 7.00. The van der Waals surface area contributed by atoms with Gasteiger partial charge in [-0.25, -0.2) is 28.1 Å². The fraction of sp³-hybridized carbons (Fsp3) is 0.259. The lowest BCUT2D eigenvalue weighted by molar-refractivity contribution is 0.324. The molecule has 0 aliphatic carbocycles. The van der Waals surface area contributed by atoms with Crippen molar-refractivity contribution in [2.45, 2.75) is 25.2 Å². The molecule has 0 saturated heterocycles. The number of methoxy groups -OCH3 is 3. The third-order valence-corrected chi connectivity index (χ3v) is 6.78. The van der Waals surface area contributed by atoms with Gasteiger partial charge in [-0.3, -0.25) is 0 Å². The highest BCUT2D eigenvalue weighted by molar-refractivity contribution is 7.92. The maximum Gasteiger partial charge on any atom is 0.264 e. The minimum Gasteiger partial charge on any atom is -0.493 e. The van der Waals surface area contributed by atoms with Crippen molar-refractivity contribution in [3.05, 3.63) is 71.2 Å². The molecule has 0 radical (unpaired) electrons. The molecule has 15 heteroatoms. The van der Waals surface area contributed by atoms with Gasteiger partial charge in [0.15, 0.2) is 11.5 Å². The van der Waals surface area contributed by atoms with Crippen LogP contribution in [-0.4, -0.2) is 61.9 Å². The van der Waals surface area contributed by atoms with Crippen molar-refractivity contribution in [3.63, 3.8) is 0 Å². The molecule has 0 saturated carbocycles. The van der Waals surface area contributed by atoms with Crippen molar-refractivity contribution in [1.29, 1.82) is 0 Å². The van der Waals surface area contributed by atoms with Gasteiger partial charge in [-0.15, -0.1) is 0 Å². The largest absolute Gasteiger partial charge is 0.493 e. The molecule has 2 aromatic carbocycles. The zero-order valence-electron chi connectivity index (χ0n) is 24.2. The highest BCUT2D eigenvalue weighted by Gasteiger charge is 2.16. The van der Waals surface area contributed by atoms with Gasteiger partial charge in [0, 0.05) is 42.4 Å². The molecule has 2 aromatic heterocycles. The predicted octanol–water partition coefficient (Wildman–Crippen LogP) is 2.34. The number of aryl methyl sites for hydroxylation is 2. The zero-order chi connectivity index (χ0) is 31.4. The molecule has 42 heavy (non-hydrogen) atoms. The van der Waals surface area contributed by atoms with Gasteiger partial charge in [0.25, 0.3) is 10.0 Å². The lowest BCUT2D eigenvalue weighted by Gasteiger charge is -2.14. The Labute approximate surface area is 245 Å². The van der Waals surface area contributed by atoms with Crippen molar-refractivity contribution in [2.75, 3.05) is 50.4 Å². The summed E-state index contributed by atoms with van der Waals surface area (Å²) in [7, 11) is 2.01. The van der Waals surface area contributed by atoms with E-state index in [1.54, 1.807) is 47.4 Å². The van der Waals surface area contributed by atoms with Gasteiger partial charge in [-0.05, 0) is 61.9 Å². The Bertz CT molecular complexity index is 1540. The van der Waals surface area contributed by atoms with Crippen LogP contribution in [0, 0.1) is 13.8 Å². The maximum absolute atomic E-state index is 12.1. The summed E-state index contributed by atoms with van der Waals surface area (Å²) in [4.78, 5) is 16.1. The summed E-state index contributed by atoms with van der Waals surface area (Å²) >= 11 is 0. The molecule has 14 nitrogen and oxygen atoms in total. The lowest BCUT2D eigenvalue weighted by atomic mass is 10.1. The van der Waals surface area contributed by atoms with Crippen LogP contribution in [0.4, 0.5) is 23.4 Å². The van der Waals surface area contributed by atoms with Gasteiger partial charge < -0.3 is 36.5 Å². The van der Waals surface area contributed by atoms with Crippen LogP contribution in [0.5, 0.6) is 17.2 Å². The van der Waals surface area contributed by atoms with E-state index in [1.807, 2.05) is 12.1 Å². The highest BCUT2D eigenvalue weighted by atomic mass is 32.2.